The van der Waals surface area contributed by atoms with E-state index in [1.807, 2.05) is 19.1 Å². The summed E-state index contributed by atoms with van der Waals surface area (Å²) in [6.07, 6.45) is 4.67. The maximum absolute atomic E-state index is 12.4. The van der Waals surface area contributed by atoms with Gasteiger partial charge in [-0.25, -0.2) is 9.78 Å². The van der Waals surface area contributed by atoms with Crippen molar-refractivity contribution in [3.05, 3.63) is 59.7 Å². The van der Waals surface area contributed by atoms with E-state index in [1.54, 1.807) is 17.3 Å². The van der Waals surface area contributed by atoms with Crippen LogP contribution in [-0.2, 0) is 6.54 Å². The summed E-state index contributed by atoms with van der Waals surface area (Å²) in [5.74, 6) is -1.37. The van der Waals surface area contributed by atoms with E-state index >= 15 is 0 Å². The molecule has 0 aliphatic rings. The lowest BCUT2D eigenvalue weighted by atomic mass is 10.1. The van der Waals surface area contributed by atoms with E-state index in [9.17, 15) is 9.59 Å². The Morgan fingerprint density at radius 3 is 2.52 bits per heavy atom. The topological polar surface area (TPSA) is 83.4 Å². The molecule has 0 atom stereocenters. The van der Waals surface area contributed by atoms with Crippen LogP contribution in [0.5, 0.6) is 0 Å². The minimum absolute atomic E-state index is 0.138. The van der Waals surface area contributed by atoms with Crippen molar-refractivity contribution < 1.29 is 14.7 Å². The Bertz CT molecular complexity index is 644. The first-order valence-corrected chi connectivity index (χ1v) is 6.49. The molecule has 6 heteroatoms. The van der Waals surface area contributed by atoms with Gasteiger partial charge in [0.25, 0.3) is 5.91 Å². The van der Waals surface area contributed by atoms with E-state index in [0.717, 1.165) is 5.56 Å². The third-order valence-electron chi connectivity index (χ3n) is 3.02. The van der Waals surface area contributed by atoms with Crippen LogP contribution in [0.25, 0.3) is 0 Å². The molecule has 2 rings (SSSR count). The molecule has 0 fully saturated rings. The van der Waals surface area contributed by atoms with Gasteiger partial charge >= 0.3 is 5.97 Å². The monoisotopic (exact) mass is 285 g/mol. The van der Waals surface area contributed by atoms with Crippen LogP contribution in [0.1, 0.15) is 33.3 Å². The second-order valence-corrected chi connectivity index (χ2v) is 4.41. The van der Waals surface area contributed by atoms with Crippen molar-refractivity contribution >= 4 is 11.9 Å². The summed E-state index contributed by atoms with van der Waals surface area (Å²) in [6.45, 7) is 2.84. The van der Waals surface area contributed by atoms with E-state index in [2.05, 4.69) is 9.97 Å². The van der Waals surface area contributed by atoms with Gasteiger partial charge in [0.05, 0.1) is 0 Å². The second kappa shape index (κ2) is 6.60. The summed E-state index contributed by atoms with van der Waals surface area (Å²) < 4.78 is 0. The van der Waals surface area contributed by atoms with Crippen LogP contribution in [0.3, 0.4) is 0 Å². The van der Waals surface area contributed by atoms with Crippen LogP contribution in [-0.4, -0.2) is 38.4 Å². The molecular formula is C15H15N3O3. The Morgan fingerprint density at radius 1 is 1.19 bits per heavy atom. The lowest BCUT2D eigenvalue weighted by molar-refractivity contribution is 0.0690. The summed E-state index contributed by atoms with van der Waals surface area (Å²) in [5, 5.41) is 8.93. The lowest BCUT2D eigenvalue weighted by Crippen LogP contribution is -2.30. The standard InChI is InChI=1S/C15H15N3O3/c1-2-18(10-11-3-6-16-7-4-11)14(19)12-5-8-17-13(9-12)15(20)21/h3-9H,2,10H2,1H3,(H,20,21). The van der Waals surface area contributed by atoms with Gasteiger partial charge in [0.1, 0.15) is 5.69 Å². The predicted molar refractivity (Wildman–Crippen MR) is 75.8 cm³/mol. The highest BCUT2D eigenvalue weighted by Gasteiger charge is 2.16. The Morgan fingerprint density at radius 2 is 1.90 bits per heavy atom. The SMILES string of the molecule is CCN(Cc1ccncc1)C(=O)c1ccnc(C(=O)O)c1. The molecule has 2 aromatic heterocycles. The Labute approximate surface area is 122 Å². The molecule has 6 nitrogen and oxygen atoms in total. The third-order valence-corrected chi connectivity index (χ3v) is 3.02. The molecule has 0 unspecified atom stereocenters. The van der Waals surface area contributed by atoms with E-state index < -0.39 is 5.97 Å². The average Bonchev–Trinajstić information content (AvgIpc) is 2.53. The number of carbonyl (C=O) groups is 2. The quantitative estimate of drug-likeness (QED) is 0.906. The maximum atomic E-state index is 12.4. The number of hydrogen-bond acceptors (Lipinski definition) is 4. The molecule has 108 valence electrons. The molecule has 0 saturated carbocycles. The number of aromatic carboxylic acids is 1. The highest BCUT2D eigenvalue weighted by Crippen LogP contribution is 2.10. The zero-order valence-corrected chi connectivity index (χ0v) is 11.6. The molecule has 21 heavy (non-hydrogen) atoms. The second-order valence-electron chi connectivity index (χ2n) is 4.41. The van der Waals surface area contributed by atoms with Gasteiger partial charge in [-0.05, 0) is 36.8 Å². The largest absolute Gasteiger partial charge is 0.477 e. The molecule has 0 saturated heterocycles. The molecule has 1 N–H and O–H groups in total. The number of amides is 1. The molecular weight excluding hydrogens is 270 g/mol. The number of carbonyl (C=O) groups excluding carboxylic acids is 1. The van der Waals surface area contributed by atoms with Gasteiger partial charge in [0.2, 0.25) is 0 Å². The van der Waals surface area contributed by atoms with Gasteiger partial charge in [-0.1, -0.05) is 0 Å². The number of carboxylic acids is 1. The zero-order chi connectivity index (χ0) is 15.2. The van der Waals surface area contributed by atoms with Crippen molar-refractivity contribution in [1.29, 1.82) is 0 Å². The van der Waals surface area contributed by atoms with Gasteiger partial charge in [0.15, 0.2) is 0 Å². The van der Waals surface area contributed by atoms with Crippen molar-refractivity contribution in [3.8, 4) is 0 Å². The summed E-state index contributed by atoms with van der Waals surface area (Å²) >= 11 is 0. The average molecular weight is 285 g/mol. The number of hydrogen-bond donors (Lipinski definition) is 1. The lowest BCUT2D eigenvalue weighted by Gasteiger charge is -2.21. The molecule has 2 heterocycles. The van der Waals surface area contributed by atoms with E-state index in [4.69, 9.17) is 5.11 Å². The molecule has 0 bridgehead atoms. The Balaban J connectivity index is 2.20. The molecule has 0 aromatic carbocycles. The predicted octanol–water partition coefficient (Wildman–Crippen LogP) is 1.84. The van der Waals surface area contributed by atoms with Gasteiger partial charge in [0, 0.05) is 37.2 Å². The van der Waals surface area contributed by atoms with Crippen molar-refractivity contribution in [2.75, 3.05) is 6.54 Å². The van der Waals surface area contributed by atoms with Crippen molar-refractivity contribution in [1.82, 2.24) is 14.9 Å². The fourth-order valence-corrected chi connectivity index (χ4v) is 1.90. The number of carboxylic acid groups (broad SMARTS) is 1. The van der Waals surface area contributed by atoms with Gasteiger partial charge in [-0.3, -0.25) is 9.78 Å². The van der Waals surface area contributed by atoms with Crippen molar-refractivity contribution in [2.24, 2.45) is 0 Å². The normalized spacial score (nSPS) is 10.1. The maximum Gasteiger partial charge on any atom is 0.354 e. The smallest absolute Gasteiger partial charge is 0.354 e. The van der Waals surface area contributed by atoms with Crippen LogP contribution >= 0.6 is 0 Å². The van der Waals surface area contributed by atoms with Crippen LogP contribution in [0, 0.1) is 0 Å². The van der Waals surface area contributed by atoms with Crippen LogP contribution < -0.4 is 0 Å². The highest BCUT2D eigenvalue weighted by molar-refractivity contribution is 5.96. The Hall–Kier alpha value is -2.76. The zero-order valence-electron chi connectivity index (χ0n) is 11.6. The van der Waals surface area contributed by atoms with Gasteiger partial charge in [-0.2, -0.15) is 0 Å². The summed E-state index contributed by atoms with van der Waals surface area (Å²) in [6, 6.07) is 6.49. The summed E-state index contributed by atoms with van der Waals surface area (Å²) in [7, 11) is 0. The van der Waals surface area contributed by atoms with Gasteiger partial charge in [-0.15, -0.1) is 0 Å². The molecule has 0 aliphatic heterocycles. The first kappa shape index (κ1) is 14.6. The number of aromatic nitrogens is 2. The number of pyridine rings is 2. The van der Waals surface area contributed by atoms with Crippen molar-refractivity contribution in [2.45, 2.75) is 13.5 Å². The fraction of sp³-hybridized carbons (Fsp3) is 0.200. The highest BCUT2D eigenvalue weighted by atomic mass is 16.4. The third kappa shape index (κ3) is 3.62. The molecule has 2 aromatic rings. The van der Waals surface area contributed by atoms with Crippen molar-refractivity contribution in [3.63, 3.8) is 0 Å². The minimum atomic E-state index is -1.15. The van der Waals surface area contributed by atoms with Crippen LogP contribution in [0.2, 0.25) is 0 Å². The van der Waals surface area contributed by atoms with Crippen LogP contribution in [0.15, 0.2) is 42.9 Å². The summed E-state index contributed by atoms with van der Waals surface area (Å²) in [5.41, 5.74) is 1.15. The van der Waals surface area contributed by atoms with E-state index in [-0.39, 0.29) is 11.6 Å². The van der Waals surface area contributed by atoms with Gasteiger partial charge < -0.3 is 10.0 Å². The number of nitrogens with zero attached hydrogens (tertiary/aromatic N) is 3. The van der Waals surface area contributed by atoms with E-state index in [0.29, 0.717) is 18.7 Å². The molecule has 0 aliphatic carbocycles. The number of rotatable bonds is 5. The Kier molecular flexibility index (Phi) is 4.61. The van der Waals surface area contributed by atoms with Crippen LogP contribution in [0.4, 0.5) is 0 Å². The minimum Gasteiger partial charge on any atom is -0.477 e. The fourth-order valence-electron chi connectivity index (χ4n) is 1.90. The molecule has 0 radical (unpaired) electrons. The summed E-state index contributed by atoms with van der Waals surface area (Å²) in [4.78, 5) is 32.6. The molecule has 1 amide bonds. The van der Waals surface area contributed by atoms with E-state index in [1.165, 1.54) is 18.3 Å². The molecule has 0 spiro atoms. The first-order valence-electron chi connectivity index (χ1n) is 6.49. The first-order chi connectivity index (χ1) is 10.1.